The number of nitrogens with zero attached hydrogens (tertiary/aromatic N) is 4. The summed E-state index contributed by atoms with van der Waals surface area (Å²) >= 11 is 0.779. The van der Waals surface area contributed by atoms with Crippen LogP contribution in [0.4, 0.5) is 16.2 Å². The van der Waals surface area contributed by atoms with E-state index in [1.165, 1.54) is 30.3 Å². The molecule has 0 radical (unpaired) electrons. The molecule has 0 saturated carbocycles. The van der Waals surface area contributed by atoms with Crippen molar-refractivity contribution < 1.29 is 19.4 Å². The van der Waals surface area contributed by atoms with Crippen molar-refractivity contribution in [1.82, 2.24) is 9.47 Å². The monoisotopic (exact) mass is 478 g/mol. The van der Waals surface area contributed by atoms with Crippen molar-refractivity contribution in [2.45, 2.75) is 20.4 Å². The quantitative estimate of drug-likeness (QED) is 0.272. The predicted octanol–water partition coefficient (Wildman–Crippen LogP) is 5.15. The first kappa shape index (κ1) is 22.9. The van der Waals surface area contributed by atoms with E-state index in [4.69, 9.17) is 0 Å². The first-order valence-electron chi connectivity index (χ1n) is 10.1. The molecule has 0 atom stereocenters. The summed E-state index contributed by atoms with van der Waals surface area (Å²) in [6.45, 7) is 3.52. The van der Waals surface area contributed by atoms with Crippen LogP contribution >= 0.6 is 11.8 Å². The Morgan fingerprint density at radius 1 is 0.971 bits per heavy atom. The second kappa shape index (κ2) is 8.94. The molecule has 34 heavy (non-hydrogen) atoms. The van der Waals surface area contributed by atoms with Gasteiger partial charge in [0.25, 0.3) is 22.5 Å². The van der Waals surface area contributed by atoms with Crippen molar-refractivity contribution in [3.8, 4) is 5.69 Å². The lowest BCUT2D eigenvalue weighted by Gasteiger charge is -2.12. The highest BCUT2D eigenvalue weighted by Crippen LogP contribution is 2.35. The molecule has 0 N–H and O–H groups in total. The molecule has 4 rings (SSSR count). The van der Waals surface area contributed by atoms with E-state index in [0.29, 0.717) is 5.56 Å². The van der Waals surface area contributed by atoms with Gasteiger partial charge < -0.3 is 4.57 Å². The summed E-state index contributed by atoms with van der Waals surface area (Å²) < 4.78 is 1.90. The Bertz CT molecular complexity index is 1380. The normalized spacial score (nSPS) is 14.8. The van der Waals surface area contributed by atoms with Gasteiger partial charge in [0.2, 0.25) is 0 Å². The molecule has 172 valence electrons. The molecule has 2 heterocycles. The number of nitro benzene ring substituents is 2. The molecule has 2 aromatic carbocycles. The topological polar surface area (TPSA) is 129 Å². The van der Waals surface area contributed by atoms with Crippen LogP contribution in [-0.4, -0.2) is 30.5 Å². The van der Waals surface area contributed by atoms with Gasteiger partial charge in [-0.2, -0.15) is 0 Å². The maximum atomic E-state index is 13.0. The smallest absolute Gasteiger partial charge is 0.293 e. The highest BCUT2D eigenvalue weighted by molar-refractivity contribution is 8.18. The number of non-ortho nitro benzene ring substituents is 1. The number of aromatic nitrogens is 1. The molecule has 1 aliphatic heterocycles. The van der Waals surface area contributed by atoms with E-state index >= 15 is 0 Å². The first-order chi connectivity index (χ1) is 16.2. The minimum atomic E-state index is -0.544. The van der Waals surface area contributed by atoms with Gasteiger partial charge in [-0.3, -0.25) is 34.7 Å². The number of para-hydroxylation sites is 1. The lowest BCUT2D eigenvalue weighted by atomic mass is 10.1. The Hall–Kier alpha value is -4.25. The predicted molar refractivity (Wildman–Crippen MR) is 127 cm³/mol. The van der Waals surface area contributed by atoms with E-state index in [1.807, 2.05) is 24.5 Å². The molecule has 2 amide bonds. The Morgan fingerprint density at radius 2 is 1.65 bits per heavy atom. The number of aryl methyl sites for hydroxylation is 1. The number of imide groups is 1. The molecule has 0 spiro atoms. The number of nitro groups is 2. The minimum absolute atomic E-state index is 0.0150. The Kier molecular flexibility index (Phi) is 6.03. The van der Waals surface area contributed by atoms with Crippen molar-refractivity contribution >= 4 is 40.4 Å². The standard InChI is InChI=1S/C23H18N4O6S/c1-14-11-17(15(2)25(14)18-7-9-19(10-8-18)26(30)31)12-21-22(28)24(23(29)34-21)13-16-5-3-4-6-20(16)27(32)33/h3-12H,13H2,1-2H3/b21-12-. The molecule has 10 nitrogen and oxygen atoms in total. The number of hydrogen-bond donors (Lipinski definition) is 0. The van der Waals surface area contributed by atoms with Gasteiger partial charge >= 0.3 is 0 Å². The van der Waals surface area contributed by atoms with Gasteiger partial charge in [-0.25, -0.2) is 0 Å². The third-order valence-electron chi connectivity index (χ3n) is 5.47. The van der Waals surface area contributed by atoms with E-state index in [9.17, 15) is 29.8 Å². The van der Waals surface area contributed by atoms with Crippen LogP contribution in [0.5, 0.6) is 0 Å². The van der Waals surface area contributed by atoms with Gasteiger partial charge in [0.1, 0.15) is 0 Å². The minimum Gasteiger partial charge on any atom is -0.318 e. The summed E-state index contributed by atoms with van der Waals surface area (Å²) in [6.07, 6.45) is 1.62. The van der Waals surface area contributed by atoms with Crippen molar-refractivity contribution in [2.24, 2.45) is 0 Å². The summed E-state index contributed by atoms with van der Waals surface area (Å²) in [5.74, 6) is -0.520. The lowest BCUT2D eigenvalue weighted by molar-refractivity contribution is -0.385. The Balaban J connectivity index is 1.62. The summed E-state index contributed by atoms with van der Waals surface area (Å²) in [7, 11) is 0. The maximum absolute atomic E-state index is 13.0. The van der Waals surface area contributed by atoms with E-state index in [-0.39, 0.29) is 28.4 Å². The van der Waals surface area contributed by atoms with E-state index in [2.05, 4.69) is 0 Å². The summed E-state index contributed by atoms with van der Waals surface area (Å²) in [5.41, 5.74) is 3.17. The molecular formula is C23H18N4O6S. The van der Waals surface area contributed by atoms with E-state index in [1.54, 1.807) is 24.3 Å². The lowest BCUT2D eigenvalue weighted by Crippen LogP contribution is -2.27. The van der Waals surface area contributed by atoms with Crippen molar-refractivity contribution in [2.75, 3.05) is 0 Å². The van der Waals surface area contributed by atoms with Gasteiger partial charge in [0.05, 0.1) is 21.3 Å². The number of hydrogen-bond acceptors (Lipinski definition) is 7. The highest BCUT2D eigenvalue weighted by atomic mass is 32.2. The molecule has 3 aromatic rings. The number of thioether (sulfide) groups is 1. The summed E-state index contributed by atoms with van der Waals surface area (Å²) in [4.78, 5) is 47.9. The molecule has 1 saturated heterocycles. The van der Waals surface area contributed by atoms with Gasteiger partial charge in [-0.05, 0) is 55.4 Å². The first-order valence-corrected chi connectivity index (χ1v) is 10.9. The fourth-order valence-corrected chi connectivity index (χ4v) is 4.65. The molecule has 1 fully saturated rings. The van der Waals surface area contributed by atoms with Gasteiger partial charge in [0, 0.05) is 40.8 Å². The average Bonchev–Trinajstić information content (AvgIpc) is 3.23. The summed E-state index contributed by atoms with van der Waals surface area (Å²) in [5, 5.41) is 21.7. The molecule has 11 heteroatoms. The van der Waals surface area contributed by atoms with Gasteiger partial charge in [0.15, 0.2) is 0 Å². The molecule has 0 unspecified atom stereocenters. The van der Waals surface area contributed by atoms with Gasteiger partial charge in [-0.15, -0.1) is 0 Å². The zero-order valence-electron chi connectivity index (χ0n) is 18.1. The third kappa shape index (κ3) is 4.20. The average molecular weight is 478 g/mol. The SMILES string of the molecule is Cc1cc(/C=C2\SC(=O)N(Cc3ccccc3[N+](=O)[O-])C2=O)c(C)n1-c1ccc([N+](=O)[O-])cc1. The number of carbonyl (C=O) groups is 2. The second-order valence-corrected chi connectivity index (χ2v) is 8.58. The third-order valence-corrected chi connectivity index (χ3v) is 6.37. The zero-order valence-corrected chi connectivity index (χ0v) is 18.9. The Labute approximate surface area is 197 Å². The second-order valence-electron chi connectivity index (χ2n) is 7.59. The van der Waals surface area contributed by atoms with E-state index in [0.717, 1.165) is 33.7 Å². The van der Waals surface area contributed by atoms with E-state index < -0.39 is 21.0 Å². The number of amides is 2. The van der Waals surface area contributed by atoms with Crippen LogP contribution in [0.25, 0.3) is 11.8 Å². The molecule has 1 aliphatic rings. The fraction of sp³-hybridized carbons (Fsp3) is 0.130. The molecular weight excluding hydrogens is 460 g/mol. The highest BCUT2D eigenvalue weighted by Gasteiger charge is 2.36. The van der Waals surface area contributed by atoms with Crippen molar-refractivity contribution in [3.05, 3.63) is 102 Å². The molecule has 1 aromatic heterocycles. The van der Waals surface area contributed by atoms with Crippen LogP contribution < -0.4 is 0 Å². The summed E-state index contributed by atoms with van der Waals surface area (Å²) in [6, 6.07) is 14.0. The van der Waals surface area contributed by atoms with Crippen LogP contribution in [0.1, 0.15) is 22.5 Å². The molecule has 0 aliphatic carbocycles. The van der Waals surface area contributed by atoms with Crippen LogP contribution in [0.15, 0.2) is 59.5 Å². The maximum Gasteiger partial charge on any atom is 0.293 e. The number of rotatable bonds is 6. The van der Waals surface area contributed by atoms with Crippen LogP contribution in [-0.2, 0) is 11.3 Å². The van der Waals surface area contributed by atoms with Crippen LogP contribution in [0.3, 0.4) is 0 Å². The van der Waals surface area contributed by atoms with Crippen molar-refractivity contribution in [3.63, 3.8) is 0 Å². The van der Waals surface area contributed by atoms with Gasteiger partial charge in [-0.1, -0.05) is 18.2 Å². The Morgan fingerprint density at radius 3 is 2.29 bits per heavy atom. The van der Waals surface area contributed by atoms with Crippen molar-refractivity contribution in [1.29, 1.82) is 0 Å². The largest absolute Gasteiger partial charge is 0.318 e. The fourth-order valence-electron chi connectivity index (χ4n) is 3.83. The van der Waals surface area contributed by atoms with Crippen LogP contribution in [0.2, 0.25) is 0 Å². The van der Waals surface area contributed by atoms with Crippen LogP contribution in [0, 0.1) is 34.1 Å². The number of carbonyl (C=O) groups excluding carboxylic acids is 2. The zero-order chi connectivity index (χ0) is 24.6. The number of benzene rings is 2. The molecule has 0 bridgehead atoms.